The molecular formula is C21H22F2N2O4S. The number of aryl methyl sites for hydroxylation is 1. The highest BCUT2D eigenvalue weighted by Gasteiger charge is 2.46. The minimum Gasteiger partial charge on any atom is -0.486 e. The molecule has 9 heteroatoms. The zero-order valence-electron chi connectivity index (χ0n) is 16.5. The van der Waals surface area contributed by atoms with Gasteiger partial charge in [0.05, 0.1) is 21.9 Å². The molecule has 0 aliphatic carbocycles. The van der Waals surface area contributed by atoms with Crippen LogP contribution in [0.3, 0.4) is 0 Å². The van der Waals surface area contributed by atoms with Gasteiger partial charge >= 0.3 is 0 Å². The molecule has 4 atom stereocenters. The Bertz CT molecular complexity index is 1090. The lowest BCUT2D eigenvalue weighted by atomic mass is 9.94. The summed E-state index contributed by atoms with van der Waals surface area (Å²) in [6.45, 7) is 3.58. The zero-order chi connectivity index (χ0) is 21.6. The molecule has 0 radical (unpaired) electrons. The fourth-order valence-electron chi connectivity index (χ4n) is 4.04. The van der Waals surface area contributed by atoms with E-state index >= 15 is 0 Å². The molecule has 0 spiro atoms. The topological polar surface area (TPSA) is 84.5 Å². The van der Waals surface area contributed by atoms with Crippen LogP contribution in [0, 0.1) is 24.5 Å². The van der Waals surface area contributed by atoms with Crippen molar-refractivity contribution in [3.8, 4) is 5.75 Å². The molecule has 2 N–H and O–H groups in total. The highest BCUT2D eigenvalue weighted by Crippen LogP contribution is 2.35. The van der Waals surface area contributed by atoms with Gasteiger partial charge in [-0.2, -0.15) is 4.39 Å². The van der Waals surface area contributed by atoms with Crippen LogP contribution in [0.4, 0.5) is 14.5 Å². The molecule has 6 nitrogen and oxygen atoms in total. The lowest BCUT2D eigenvalue weighted by Crippen LogP contribution is -2.49. The Kier molecular flexibility index (Phi) is 5.27. The second-order valence-electron chi connectivity index (χ2n) is 7.79. The highest BCUT2D eigenvalue weighted by atomic mass is 32.2. The van der Waals surface area contributed by atoms with E-state index in [1.54, 1.807) is 31.2 Å². The van der Waals surface area contributed by atoms with Gasteiger partial charge in [0, 0.05) is 6.54 Å². The van der Waals surface area contributed by atoms with E-state index < -0.39 is 44.7 Å². The number of anilines is 1. The van der Waals surface area contributed by atoms with Crippen molar-refractivity contribution in [2.75, 3.05) is 18.5 Å². The van der Waals surface area contributed by atoms with Gasteiger partial charge in [-0.3, -0.25) is 4.79 Å². The minimum absolute atomic E-state index is 0.151. The van der Waals surface area contributed by atoms with Gasteiger partial charge in [0.2, 0.25) is 5.82 Å². The summed E-state index contributed by atoms with van der Waals surface area (Å²) in [5, 5.41) is 5.16. The molecular weight excluding hydrogens is 414 g/mol. The number of fused-ring (bicyclic) bond motifs is 1. The summed E-state index contributed by atoms with van der Waals surface area (Å²) < 4.78 is 58.6. The number of halogens is 2. The van der Waals surface area contributed by atoms with E-state index in [1.165, 1.54) is 6.07 Å². The van der Waals surface area contributed by atoms with Crippen LogP contribution in [-0.4, -0.2) is 44.7 Å². The summed E-state index contributed by atoms with van der Waals surface area (Å²) in [7, 11) is -3.62. The van der Waals surface area contributed by atoms with Gasteiger partial charge in [0.1, 0.15) is 12.6 Å². The number of ether oxygens (including phenoxy) is 1. The maximum atomic E-state index is 13.8. The highest BCUT2D eigenvalue weighted by molar-refractivity contribution is 7.92. The van der Waals surface area contributed by atoms with Crippen molar-refractivity contribution in [2.45, 2.75) is 36.1 Å². The van der Waals surface area contributed by atoms with E-state index in [0.29, 0.717) is 0 Å². The molecule has 4 rings (SSSR count). The Morgan fingerprint density at radius 1 is 1.13 bits per heavy atom. The van der Waals surface area contributed by atoms with Crippen LogP contribution >= 0.6 is 0 Å². The number of benzene rings is 2. The average Bonchev–Trinajstić information content (AvgIpc) is 3.12. The van der Waals surface area contributed by atoms with Crippen molar-refractivity contribution in [1.29, 1.82) is 0 Å². The van der Waals surface area contributed by atoms with Crippen molar-refractivity contribution in [2.24, 2.45) is 5.92 Å². The van der Waals surface area contributed by atoms with Crippen LogP contribution in [0.1, 0.15) is 12.5 Å². The van der Waals surface area contributed by atoms with E-state index in [0.717, 1.165) is 11.6 Å². The first-order valence-corrected chi connectivity index (χ1v) is 11.2. The van der Waals surface area contributed by atoms with Crippen molar-refractivity contribution in [1.82, 2.24) is 5.32 Å². The summed E-state index contributed by atoms with van der Waals surface area (Å²) in [6, 6.07) is 7.39. The Morgan fingerprint density at radius 2 is 1.83 bits per heavy atom. The monoisotopic (exact) mass is 436 g/mol. The summed E-state index contributed by atoms with van der Waals surface area (Å²) >= 11 is 0. The summed E-state index contributed by atoms with van der Waals surface area (Å²) in [5.41, 5.74) is 1.15. The molecule has 0 saturated carbocycles. The average molecular weight is 436 g/mol. The molecule has 2 aliphatic rings. The largest absolute Gasteiger partial charge is 0.486 e. The first kappa shape index (κ1) is 20.7. The van der Waals surface area contributed by atoms with Gasteiger partial charge in [-0.15, -0.1) is 0 Å². The molecule has 2 aromatic carbocycles. The quantitative estimate of drug-likeness (QED) is 0.766. The molecule has 0 amide bonds. The number of ketones is 1. The molecule has 1 fully saturated rings. The molecule has 2 aliphatic heterocycles. The smallest absolute Gasteiger partial charge is 0.202 e. The van der Waals surface area contributed by atoms with Crippen molar-refractivity contribution in [3.63, 3.8) is 0 Å². The van der Waals surface area contributed by atoms with Crippen LogP contribution in [0.15, 0.2) is 41.3 Å². The Hall–Kier alpha value is -2.52. The van der Waals surface area contributed by atoms with Crippen LogP contribution < -0.4 is 15.4 Å². The molecule has 2 heterocycles. The Labute approximate surface area is 173 Å². The van der Waals surface area contributed by atoms with Gasteiger partial charge in [-0.1, -0.05) is 24.6 Å². The molecule has 2 aromatic rings. The Morgan fingerprint density at radius 3 is 2.53 bits per heavy atom. The number of carbonyl (C=O) groups excluding carboxylic acids is 1. The fourth-order valence-corrected chi connectivity index (χ4v) is 5.94. The predicted octanol–water partition coefficient (Wildman–Crippen LogP) is 2.47. The molecule has 30 heavy (non-hydrogen) atoms. The third kappa shape index (κ3) is 3.45. The maximum Gasteiger partial charge on any atom is 0.202 e. The van der Waals surface area contributed by atoms with Crippen molar-refractivity contribution in [3.05, 3.63) is 53.6 Å². The van der Waals surface area contributed by atoms with Crippen LogP contribution in [0.2, 0.25) is 0 Å². The predicted molar refractivity (Wildman–Crippen MR) is 107 cm³/mol. The minimum atomic E-state index is -3.62. The second kappa shape index (κ2) is 7.63. The number of sulfone groups is 1. The van der Waals surface area contributed by atoms with E-state index in [9.17, 15) is 22.0 Å². The maximum absolute atomic E-state index is 13.8. The summed E-state index contributed by atoms with van der Waals surface area (Å²) in [5.74, 6) is -3.15. The first-order valence-electron chi connectivity index (χ1n) is 9.65. The van der Waals surface area contributed by atoms with Gasteiger partial charge in [-0.25, -0.2) is 12.8 Å². The number of nitrogens with one attached hydrogen (secondary N) is 2. The summed E-state index contributed by atoms with van der Waals surface area (Å²) in [4.78, 5) is 13.3. The van der Waals surface area contributed by atoms with Gasteiger partial charge in [-0.05, 0) is 37.1 Å². The van der Waals surface area contributed by atoms with Crippen LogP contribution in [0.25, 0.3) is 0 Å². The SMILES string of the molecule is Cc1ccc(S(=O)(=O)[C@@H]2CNC(C(=O)[C@@H]3COc4c(ccc(F)c4F)N3)C2C)cc1. The number of hydrogen-bond donors (Lipinski definition) is 2. The number of rotatable bonds is 4. The van der Waals surface area contributed by atoms with Crippen LogP contribution in [-0.2, 0) is 14.6 Å². The number of Topliss-reactive ketones (excluding diaryl/α,β-unsaturated/α-hetero) is 1. The Balaban J connectivity index is 1.51. The molecule has 1 saturated heterocycles. The lowest BCUT2D eigenvalue weighted by molar-refractivity contribution is -0.123. The third-order valence-electron chi connectivity index (χ3n) is 5.82. The number of hydrogen-bond acceptors (Lipinski definition) is 6. The molecule has 160 valence electrons. The molecule has 2 unspecified atom stereocenters. The molecule has 0 aromatic heterocycles. The van der Waals surface area contributed by atoms with E-state index in [-0.39, 0.29) is 35.3 Å². The van der Waals surface area contributed by atoms with E-state index in [4.69, 9.17) is 4.74 Å². The van der Waals surface area contributed by atoms with E-state index in [1.807, 2.05) is 6.92 Å². The fraction of sp³-hybridized carbons (Fsp3) is 0.381. The van der Waals surface area contributed by atoms with Crippen molar-refractivity contribution < 1.29 is 26.7 Å². The third-order valence-corrected chi connectivity index (χ3v) is 8.15. The van der Waals surface area contributed by atoms with Gasteiger partial charge < -0.3 is 15.4 Å². The van der Waals surface area contributed by atoms with Crippen molar-refractivity contribution >= 4 is 21.3 Å². The van der Waals surface area contributed by atoms with Crippen LogP contribution in [0.5, 0.6) is 5.75 Å². The van der Waals surface area contributed by atoms with Gasteiger partial charge in [0.25, 0.3) is 0 Å². The summed E-state index contributed by atoms with van der Waals surface area (Å²) in [6.07, 6.45) is 0. The first-order chi connectivity index (χ1) is 14.2. The number of carbonyl (C=O) groups is 1. The normalized spacial score (nSPS) is 25.9. The zero-order valence-corrected chi connectivity index (χ0v) is 17.3. The van der Waals surface area contributed by atoms with E-state index in [2.05, 4.69) is 10.6 Å². The standard InChI is InChI=1S/C21H22F2N2O4S/c1-11-3-5-13(6-4-11)30(27,28)17-9-24-19(12(17)2)20(26)16-10-29-21-15(25-16)8-7-14(22)18(21)23/h3-8,12,16-17,19,24-25H,9-10H2,1-2H3/t12?,16-,17+,19?/m0/s1. The second-order valence-corrected chi connectivity index (χ2v) is 9.96. The molecule has 0 bridgehead atoms. The van der Waals surface area contributed by atoms with Gasteiger partial charge in [0.15, 0.2) is 27.2 Å². The lowest BCUT2D eigenvalue weighted by Gasteiger charge is -2.29.